The van der Waals surface area contributed by atoms with Gasteiger partial charge in [0.1, 0.15) is 0 Å². The quantitative estimate of drug-likeness (QED) is 0.161. The molecule has 34 heavy (non-hydrogen) atoms. The van der Waals surface area contributed by atoms with Crippen LogP contribution in [-0.4, -0.2) is 64.7 Å². The Morgan fingerprint density at radius 3 is 0.853 bits per heavy atom. The number of nitrogens with zero attached hydrogens (tertiary/aromatic N) is 3. The molecule has 14 heteroatoms. The van der Waals surface area contributed by atoms with E-state index >= 15 is 0 Å². The number of hydrogen-bond acceptors (Lipinski definition) is 0. The molecular weight excluding hydrogens is 660 g/mol. The third-order valence-electron chi connectivity index (χ3n) is 3.71. The van der Waals surface area contributed by atoms with E-state index in [9.17, 15) is 39.5 Å². The normalized spacial score (nSPS) is 11.6. The van der Waals surface area contributed by atoms with Crippen molar-refractivity contribution in [2.75, 3.05) is 39.3 Å². The molecular formula is C20H34F9HfN3Si. The zero-order chi connectivity index (χ0) is 26.8. The van der Waals surface area contributed by atoms with E-state index in [0.717, 1.165) is 39.3 Å². The Kier molecular flexibility index (Phi) is 25.0. The number of rotatable bonds is 7. The zero-order valence-corrected chi connectivity index (χ0v) is 24.9. The summed E-state index contributed by atoms with van der Waals surface area (Å²) in [7, 11) is -7.72. The minimum absolute atomic E-state index is 0. The second kappa shape index (κ2) is 20.8. The van der Waals surface area contributed by atoms with Crippen molar-refractivity contribution in [2.45, 2.75) is 58.9 Å². The molecule has 200 valence electrons. The van der Waals surface area contributed by atoms with Gasteiger partial charge in [-0.25, -0.2) is 12.1 Å². The molecule has 0 aliphatic rings. The van der Waals surface area contributed by atoms with Crippen molar-refractivity contribution in [3.8, 4) is 0 Å². The van der Waals surface area contributed by atoms with Crippen molar-refractivity contribution in [2.24, 2.45) is 0 Å². The van der Waals surface area contributed by atoms with Crippen LogP contribution in [0.4, 0.5) is 39.5 Å². The molecule has 1 aromatic carbocycles. The molecule has 1 aromatic rings. The molecule has 0 spiro atoms. The van der Waals surface area contributed by atoms with Gasteiger partial charge in [0.2, 0.25) is 0 Å². The van der Waals surface area contributed by atoms with Crippen LogP contribution in [0.1, 0.15) is 41.5 Å². The van der Waals surface area contributed by atoms with Crippen LogP contribution in [0.5, 0.6) is 0 Å². The maximum Gasteiger partial charge on any atom is 4.00 e. The molecule has 0 heterocycles. The molecule has 0 atom stereocenters. The molecule has 0 bridgehead atoms. The Bertz CT molecular complexity index is 493. The Hall–Kier alpha value is -0.313. The summed E-state index contributed by atoms with van der Waals surface area (Å²) >= 11 is 0. The molecule has 0 unspecified atom stereocenters. The molecule has 0 radical (unpaired) electrons. The number of halogens is 9. The van der Waals surface area contributed by atoms with Gasteiger partial charge < -0.3 is 16.0 Å². The van der Waals surface area contributed by atoms with Crippen molar-refractivity contribution in [3.05, 3.63) is 40.2 Å². The van der Waals surface area contributed by atoms with Gasteiger partial charge in [0.25, 0.3) is 0 Å². The van der Waals surface area contributed by atoms with Crippen LogP contribution >= 0.6 is 0 Å². The van der Waals surface area contributed by atoms with E-state index in [4.69, 9.17) is 0 Å². The largest absolute Gasteiger partial charge is 4.00 e. The molecule has 0 N–H and O–H groups in total. The van der Waals surface area contributed by atoms with Gasteiger partial charge in [0, 0.05) is 0 Å². The van der Waals surface area contributed by atoms with Crippen LogP contribution in [0.15, 0.2) is 24.3 Å². The van der Waals surface area contributed by atoms with Gasteiger partial charge in [0.05, 0.1) is 0 Å². The summed E-state index contributed by atoms with van der Waals surface area (Å²) in [4.78, 5) is 0. The first-order chi connectivity index (χ1) is 15.1. The van der Waals surface area contributed by atoms with Gasteiger partial charge in [-0.05, 0) is 0 Å². The smallest absolute Gasteiger partial charge is 0.663 e. The monoisotopic (exact) mass is 695 g/mol. The molecule has 0 saturated heterocycles. The third-order valence-corrected chi connectivity index (χ3v) is 7.46. The minimum atomic E-state index is -7.72. The van der Waals surface area contributed by atoms with Crippen molar-refractivity contribution >= 4 is 13.3 Å². The van der Waals surface area contributed by atoms with Gasteiger partial charge in [-0.3, -0.25) is 0 Å². The summed E-state index contributed by atoms with van der Waals surface area (Å²) in [6.45, 7) is 18.1. The summed E-state index contributed by atoms with van der Waals surface area (Å²) in [5.41, 5.74) is 0. The Balaban J connectivity index is -0.000000231. The summed E-state index contributed by atoms with van der Waals surface area (Å²) in [5, 5.41) is 10.2. The molecule has 3 nitrogen and oxygen atoms in total. The van der Waals surface area contributed by atoms with E-state index in [2.05, 4.69) is 16.0 Å². The average molecular weight is 694 g/mol. The van der Waals surface area contributed by atoms with E-state index in [1.54, 1.807) is 0 Å². The van der Waals surface area contributed by atoms with Gasteiger partial charge >= 0.3 is 51.3 Å². The van der Waals surface area contributed by atoms with Crippen LogP contribution in [0.25, 0.3) is 16.0 Å². The summed E-state index contributed by atoms with van der Waals surface area (Å²) in [6.07, 6.45) is 0. The first-order valence-electron chi connectivity index (χ1n) is 10.4. The predicted molar refractivity (Wildman–Crippen MR) is 119 cm³/mol. The van der Waals surface area contributed by atoms with Crippen molar-refractivity contribution in [1.82, 2.24) is 0 Å². The van der Waals surface area contributed by atoms with Gasteiger partial charge in [0.15, 0.2) is 0 Å². The van der Waals surface area contributed by atoms with E-state index in [1.165, 1.54) is 0 Å². The fourth-order valence-electron chi connectivity index (χ4n) is 2.27. The summed E-state index contributed by atoms with van der Waals surface area (Å²) in [6, 6.07) is 1.84. The molecule has 0 fully saturated rings. The van der Waals surface area contributed by atoms with Crippen molar-refractivity contribution < 1.29 is 65.4 Å². The first kappa shape index (κ1) is 40.8. The second-order valence-electron chi connectivity index (χ2n) is 5.99. The molecule has 0 saturated carbocycles. The predicted octanol–water partition coefficient (Wildman–Crippen LogP) is 7.56. The fourth-order valence-corrected chi connectivity index (χ4v) is 4.91. The zero-order valence-electron chi connectivity index (χ0n) is 20.3. The molecule has 0 aliphatic carbocycles. The third kappa shape index (κ3) is 14.3. The van der Waals surface area contributed by atoms with Crippen LogP contribution in [0.2, 0.25) is 0 Å². The minimum Gasteiger partial charge on any atom is -0.663 e. The van der Waals surface area contributed by atoms with Crippen molar-refractivity contribution in [1.29, 1.82) is 0 Å². The maximum atomic E-state index is 12.6. The number of alkyl halides is 9. The standard InChI is InChI=1S/C8H4F9Si.3C4H10N.Hf/c9-6(10,11)18(7(12,13)14,8(15,16)17)5-3-1-2-4-5;3*1-3-5-4-2;/h1-4H;3*3-4H2,1-2H3;/q4*-1;+4. The maximum absolute atomic E-state index is 12.6. The number of hydrogen-bond donors (Lipinski definition) is 0. The Morgan fingerprint density at radius 2 is 0.735 bits per heavy atom. The Morgan fingerprint density at radius 1 is 0.529 bits per heavy atom. The second-order valence-corrected chi connectivity index (χ2v) is 9.76. The summed E-state index contributed by atoms with van der Waals surface area (Å²) in [5.74, 6) is -19.2. The van der Waals surface area contributed by atoms with E-state index < -0.39 is 30.7 Å². The summed E-state index contributed by atoms with van der Waals surface area (Å²) < 4.78 is 113. The van der Waals surface area contributed by atoms with E-state index in [1.807, 2.05) is 41.5 Å². The average Bonchev–Trinajstić information content (AvgIpc) is 3.16. The topological polar surface area (TPSA) is 42.3 Å². The van der Waals surface area contributed by atoms with Crippen LogP contribution in [0, 0.1) is 0 Å². The van der Waals surface area contributed by atoms with Crippen molar-refractivity contribution in [3.63, 3.8) is 0 Å². The fraction of sp³-hybridized carbons (Fsp3) is 0.750. The molecule has 0 amide bonds. The molecule has 1 rings (SSSR count). The van der Waals surface area contributed by atoms with Crippen LogP contribution < -0.4 is 5.19 Å². The van der Waals surface area contributed by atoms with Gasteiger partial charge in [-0.15, -0.1) is 5.19 Å². The Labute approximate surface area is 216 Å². The van der Waals surface area contributed by atoms with Gasteiger partial charge in [-0.1, -0.05) is 41.5 Å². The van der Waals surface area contributed by atoms with Gasteiger partial charge in [-0.2, -0.15) is 90.9 Å². The van der Waals surface area contributed by atoms with Crippen LogP contribution in [-0.2, 0) is 25.8 Å². The molecule has 0 aromatic heterocycles. The first-order valence-corrected chi connectivity index (χ1v) is 12.4. The SMILES string of the molecule is CC[N-]CC.CC[N-]CC.CC[N-]CC.FC(F)(F)[Si]([c-]1cccc1)(C(F)(F)F)C(F)(F)F.[Hf+4]. The van der Waals surface area contributed by atoms with E-state index in [0.29, 0.717) is 12.1 Å². The van der Waals surface area contributed by atoms with E-state index in [-0.39, 0.29) is 38.0 Å². The van der Waals surface area contributed by atoms with Crippen LogP contribution in [0.3, 0.4) is 0 Å². The molecule has 0 aliphatic heterocycles.